The van der Waals surface area contributed by atoms with Gasteiger partial charge in [-0.25, -0.2) is 4.39 Å². The summed E-state index contributed by atoms with van der Waals surface area (Å²) < 4.78 is 16.1. The van der Waals surface area contributed by atoms with E-state index in [2.05, 4.69) is 40.2 Å². The topological polar surface area (TPSA) is 29.9 Å². The molecule has 2 rings (SSSR count). The molecule has 3 nitrogen and oxygen atoms in total. The van der Waals surface area contributed by atoms with E-state index in [-0.39, 0.29) is 17.9 Å². The van der Waals surface area contributed by atoms with E-state index in [0.717, 1.165) is 15.7 Å². The van der Waals surface area contributed by atoms with Crippen molar-refractivity contribution in [2.24, 2.45) is 0 Å². The van der Waals surface area contributed by atoms with Crippen molar-refractivity contribution in [3.63, 3.8) is 0 Å². The summed E-state index contributed by atoms with van der Waals surface area (Å²) in [4.78, 5) is 0. The first kappa shape index (κ1) is 16.5. The van der Waals surface area contributed by atoms with Gasteiger partial charge in [0.1, 0.15) is 5.82 Å². The monoisotopic (exact) mass is 373 g/mol. The molecule has 1 N–H and O–H groups in total. The molecule has 1 unspecified atom stereocenters. The van der Waals surface area contributed by atoms with Crippen LogP contribution >= 0.6 is 27.5 Å². The number of hydrogen-bond acceptors (Lipinski definition) is 2. The number of nitrogens with zero attached hydrogens (tertiary/aromatic N) is 2. The molecule has 1 aromatic heterocycles. The Bertz CT molecular complexity index is 627. The fraction of sp³-hybridized carbons (Fsp3) is 0.400. The fourth-order valence-corrected chi connectivity index (χ4v) is 3.12. The number of likely N-dealkylation sites (N-methyl/N-ethyl adjacent to an activating group) is 1. The molecule has 0 aliphatic rings. The first-order chi connectivity index (χ1) is 9.93. The number of halogens is 3. The van der Waals surface area contributed by atoms with Crippen molar-refractivity contribution in [1.82, 2.24) is 15.1 Å². The molecular weight excluding hydrogens is 357 g/mol. The van der Waals surface area contributed by atoms with Gasteiger partial charge in [0.05, 0.1) is 22.4 Å². The molecule has 0 aliphatic carbocycles. The molecule has 0 fully saturated rings. The quantitative estimate of drug-likeness (QED) is 0.834. The van der Waals surface area contributed by atoms with Crippen molar-refractivity contribution in [3.8, 4) is 0 Å². The van der Waals surface area contributed by atoms with Gasteiger partial charge in [0.2, 0.25) is 0 Å². The minimum atomic E-state index is -0.321. The molecule has 0 amide bonds. The van der Waals surface area contributed by atoms with E-state index in [1.54, 1.807) is 12.3 Å². The van der Waals surface area contributed by atoms with Crippen molar-refractivity contribution in [3.05, 3.63) is 51.0 Å². The zero-order chi connectivity index (χ0) is 15.6. The third-order valence-corrected chi connectivity index (χ3v) is 4.36. The van der Waals surface area contributed by atoms with Crippen LogP contribution in [0.1, 0.15) is 37.2 Å². The third-order valence-electron chi connectivity index (χ3n) is 3.39. The second-order valence-corrected chi connectivity index (χ2v) is 6.46. The first-order valence-electron chi connectivity index (χ1n) is 6.78. The maximum absolute atomic E-state index is 13.2. The van der Waals surface area contributed by atoms with Gasteiger partial charge in [0.15, 0.2) is 0 Å². The smallest absolute Gasteiger partial charge is 0.124 e. The Morgan fingerprint density at radius 1 is 1.43 bits per heavy atom. The Hall–Kier alpha value is -0.910. The van der Waals surface area contributed by atoms with Crippen molar-refractivity contribution < 1.29 is 4.39 Å². The van der Waals surface area contributed by atoms with Crippen LogP contribution < -0.4 is 5.32 Å². The van der Waals surface area contributed by atoms with Crippen LogP contribution in [-0.4, -0.2) is 16.8 Å². The van der Waals surface area contributed by atoms with E-state index >= 15 is 0 Å². The van der Waals surface area contributed by atoms with E-state index in [9.17, 15) is 4.39 Å². The molecule has 2 aromatic rings. The van der Waals surface area contributed by atoms with Crippen molar-refractivity contribution in [1.29, 1.82) is 0 Å². The van der Waals surface area contributed by atoms with Gasteiger partial charge in [0, 0.05) is 11.1 Å². The van der Waals surface area contributed by atoms with E-state index in [1.165, 1.54) is 12.1 Å². The molecule has 21 heavy (non-hydrogen) atoms. The van der Waals surface area contributed by atoms with Crippen LogP contribution in [-0.2, 0) is 6.42 Å². The molecule has 0 saturated carbocycles. The van der Waals surface area contributed by atoms with E-state index in [1.807, 2.05) is 11.7 Å². The van der Waals surface area contributed by atoms with Gasteiger partial charge in [-0.2, -0.15) is 5.10 Å². The van der Waals surface area contributed by atoms with E-state index in [0.29, 0.717) is 11.4 Å². The van der Waals surface area contributed by atoms with Gasteiger partial charge in [0.25, 0.3) is 0 Å². The maximum atomic E-state index is 13.2. The molecule has 1 aromatic carbocycles. The lowest BCUT2D eigenvalue weighted by Crippen LogP contribution is -2.24. The summed E-state index contributed by atoms with van der Waals surface area (Å²) in [6.07, 6.45) is 2.46. The highest BCUT2D eigenvalue weighted by Gasteiger charge is 2.21. The highest BCUT2D eigenvalue weighted by molar-refractivity contribution is 9.10. The van der Waals surface area contributed by atoms with Gasteiger partial charge in [-0.15, -0.1) is 0 Å². The summed E-state index contributed by atoms with van der Waals surface area (Å²) >= 11 is 9.69. The molecule has 0 saturated heterocycles. The predicted octanol–water partition coefficient (Wildman–Crippen LogP) is 4.52. The summed E-state index contributed by atoms with van der Waals surface area (Å²) in [5.74, 6) is -0.321. The molecular formula is C15H18BrClFN3. The summed E-state index contributed by atoms with van der Waals surface area (Å²) in [7, 11) is 1.90. The SMILES string of the molecule is CNC(Cc1ccc(F)cc1Cl)c1c(Br)cnn1C(C)C. The lowest BCUT2D eigenvalue weighted by molar-refractivity contribution is 0.458. The number of nitrogens with one attached hydrogen (secondary N) is 1. The van der Waals surface area contributed by atoms with Crippen molar-refractivity contribution in [2.75, 3.05) is 7.05 Å². The Labute approximate surface area is 137 Å². The van der Waals surface area contributed by atoms with Gasteiger partial charge in [-0.05, 0) is 60.9 Å². The van der Waals surface area contributed by atoms with Crippen molar-refractivity contribution >= 4 is 27.5 Å². The van der Waals surface area contributed by atoms with Crippen LogP contribution in [0.5, 0.6) is 0 Å². The van der Waals surface area contributed by atoms with Crippen LogP contribution in [0.3, 0.4) is 0 Å². The zero-order valence-corrected chi connectivity index (χ0v) is 14.5. The Kier molecular flexibility index (Phi) is 5.41. The molecule has 1 heterocycles. The Balaban J connectivity index is 2.34. The number of aromatic nitrogens is 2. The first-order valence-corrected chi connectivity index (χ1v) is 7.95. The number of benzene rings is 1. The fourth-order valence-electron chi connectivity index (χ4n) is 2.33. The lowest BCUT2D eigenvalue weighted by Gasteiger charge is -2.21. The summed E-state index contributed by atoms with van der Waals surface area (Å²) in [6, 6.07) is 4.80. The average Bonchev–Trinajstić information content (AvgIpc) is 2.80. The second kappa shape index (κ2) is 6.90. The normalized spacial score (nSPS) is 12.9. The van der Waals surface area contributed by atoms with Gasteiger partial charge >= 0.3 is 0 Å². The zero-order valence-electron chi connectivity index (χ0n) is 12.2. The molecule has 0 spiro atoms. The molecule has 6 heteroatoms. The summed E-state index contributed by atoms with van der Waals surface area (Å²) in [6.45, 7) is 4.17. The molecule has 114 valence electrons. The standard InChI is InChI=1S/C15H18BrClFN3/c1-9(2)21-15(12(16)8-20-21)14(19-3)6-10-4-5-11(18)7-13(10)17/h4-5,7-9,14,19H,6H2,1-3H3. The van der Waals surface area contributed by atoms with E-state index < -0.39 is 0 Å². The highest BCUT2D eigenvalue weighted by atomic mass is 79.9. The molecule has 0 radical (unpaired) electrons. The number of hydrogen-bond donors (Lipinski definition) is 1. The van der Waals surface area contributed by atoms with E-state index in [4.69, 9.17) is 11.6 Å². The third kappa shape index (κ3) is 3.65. The van der Waals surface area contributed by atoms with Crippen LogP contribution in [0.15, 0.2) is 28.9 Å². The minimum absolute atomic E-state index is 0.0345. The van der Waals surface area contributed by atoms with Crippen LogP contribution in [0.25, 0.3) is 0 Å². The van der Waals surface area contributed by atoms with Crippen LogP contribution in [0, 0.1) is 5.82 Å². The summed E-state index contributed by atoms with van der Waals surface area (Å²) in [5, 5.41) is 8.13. The predicted molar refractivity (Wildman–Crippen MR) is 87.2 cm³/mol. The van der Waals surface area contributed by atoms with Gasteiger partial charge in [-0.1, -0.05) is 17.7 Å². The van der Waals surface area contributed by atoms with Crippen LogP contribution in [0.2, 0.25) is 5.02 Å². The second-order valence-electron chi connectivity index (χ2n) is 5.20. The largest absolute Gasteiger partial charge is 0.311 e. The number of rotatable bonds is 5. The minimum Gasteiger partial charge on any atom is -0.311 e. The lowest BCUT2D eigenvalue weighted by atomic mass is 10.0. The van der Waals surface area contributed by atoms with Crippen molar-refractivity contribution in [2.45, 2.75) is 32.4 Å². The maximum Gasteiger partial charge on any atom is 0.124 e. The van der Waals surface area contributed by atoms with Gasteiger partial charge in [-0.3, -0.25) is 4.68 Å². The summed E-state index contributed by atoms with van der Waals surface area (Å²) in [5.41, 5.74) is 1.97. The highest BCUT2D eigenvalue weighted by Crippen LogP contribution is 2.30. The Morgan fingerprint density at radius 2 is 2.14 bits per heavy atom. The molecule has 1 atom stereocenters. The van der Waals surface area contributed by atoms with Gasteiger partial charge < -0.3 is 5.32 Å². The Morgan fingerprint density at radius 3 is 2.71 bits per heavy atom. The molecule has 0 aliphatic heterocycles. The van der Waals surface area contributed by atoms with Crippen LogP contribution in [0.4, 0.5) is 4.39 Å². The average molecular weight is 375 g/mol. The molecule has 0 bridgehead atoms.